The Balaban J connectivity index is 2.10. The number of rotatable bonds is 3. The molecule has 2 aromatic rings. The molecule has 0 spiro atoms. The number of ether oxygens (including phenoxy) is 1. The van der Waals surface area contributed by atoms with Crippen molar-refractivity contribution >= 4 is 0 Å². The second-order valence-electron chi connectivity index (χ2n) is 3.63. The summed E-state index contributed by atoms with van der Waals surface area (Å²) in [5.74, 6) is 5.49. The third-order valence-corrected chi connectivity index (χ3v) is 2.17. The van der Waals surface area contributed by atoms with Crippen LogP contribution in [-0.4, -0.2) is 26.8 Å². The topological polar surface area (TPSA) is 78.8 Å². The van der Waals surface area contributed by atoms with Gasteiger partial charge in [-0.1, -0.05) is 11.8 Å². The molecule has 0 saturated carbocycles. The molecule has 1 aromatic carbocycles. The molecule has 0 fully saturated rings. The van der Waals surface area contributed by atoms with E-state index in [1.165, 1.54) is 16.9 Å². The molecule has 0 aliphatic rings. The molecule has 19 heavy (non-hydrogen) atoms. The lowest BCUT2D eigenvalue weighted by atomic mass is 10.2. The number of halogens is 1. The molecule has 1 aromatic heterocycles. The average Bonchev–Trinajstić information content (AvgIpc) is 2.82. The lowest BCUT2D eigenvalue weighted by molar-refractivity contribution is 0.280. The summed E-state index contributed by atoms with van der Waals surface area (Å²) in [6, 6.07) is 4.36. The van der Waals surface area contributed by atoms with Crippen LogP contribution in [0.15, 0.2) is 18.2 Å². The molecule has 0 saturated heterocycles. The highest BCUT2D eigenvalue weighted by Crippen LogP contribution is 2.19. The molecular formula is C12H12FN5O. The van der Waals surface area contributed by atoms with Crippen LogP contribution < -0.4 is 10.5 Å². The van der Waals surface area contributed by atoms with Crippen LogP contribution in [0.5, 0.6) is 5.75 Å². The minimum absolute atomic E-state index is 0.0402. The molecule has 0 aliphatic carbocycles. The Kier molecular flexibility index (Phi) is 4.05. The van der Waals surface area contributed by atoms with Crippen LogP contribution in [0.1, 0.15) is 11.4 Å². The molecule has 0 radical (unpaired) electrons. The minimum atomic E-state index is -0.470. The van der Waals surface area contributed by atoms with Gasteiger partial charge in [-0.3, -0.25) is 0 Å². The van der Waals surface area contributed by atoms with Crippen molar-refractivity contribution in [2.45, 2.75) is 6.61 Å². The first-order chi connectivity index (χ1) is 9.19. The smallest absolute Gasteiger partial charge is 0.212 e. The maximum Gasteiger partial charge on any atom is 0.212 e. The monoisotopic (exact) mass is 261 g/mol. The molecule has 2 N–H and O–H groups in total. The molecule has 0 amide bonds. The van der Waals surface area contributed by atoms with E-state index >= 15 is 0 Å². The predicted molar refractivity (Wildman–Crippen MR) is 65.5 cm³/mol. The fourth-order valence-electron chi connectivity index (χ4n) is 1.37. The number of hydrogen-bond donors (Lipinski definition) is 1. The van der Waals surface area contributed by atoms with Crippen LogP contribution in [0.25, 0.3) is 0 Å². The molecule has 0 bridgehead atoms. The maximum atomic E-state index is 13.5. The Bertz CT molecular complexity index is 629. The summed E-state index contributed by atoms with van der Waals surface area (Å²) in [4.78, 5) is 1.30. The van der Waals surface area contributed by atoms with Crippen LogP contribution in [-0.2, 0) is 13.7 Å². The normalized spacial score (nSPS) is 9.84. The molecule has 1 heterocycles. The Morgan fingerprint density at radius 2 is 2.32 bits per heavy atom. The SMILES string of the molecule is Cn1nnc(COc2cc(C#CCN)ccc2F)n1. The fraction of sp³-hybridized carbons (Fsp3) is 0.250. The fourth-order valence-corrected chi connectivity index (χ4v) is 1.37. The summed E-state index contributed by atoms with van der Waals surface area (Å²) in [6.45, 7) is 0.287. The summed E-state index contributed by atoms with van der Waals surface area (Å²) in [5, 5.41) is 11.3. The van der Waals surface area contributed by atoms with Gasteiger partial charge in [-0.15, -0.1) is 10.2 Å². The van der Waals surface area contributed by atoms with E-state index in [0.29, 0.717) is 11.4 Å². The maximum absolute atomic E-state index is 13.5. The summed E-state index contributed by atoms with van der Waals surface area (Å²) < 4.78 is 18.8. The van der Waals surface area contributed by atoms with Crippen molar-refractivity contribution in [3.05, 3.63) is 35.4 Å². The van der Waals surface area contributed by atoms with Crippen LogP contribution in [0.3, 0.4) is 0 Å². The average molecular weight is 261 g/mol. The zero-order valence-electron chi connectivity index (χ0n) is 10.3. The Hall–Kier alpha value is -2.46. The highest BCUT2D eigenvalue weighted by Gasteiger charge is 2.07. The Morgan fingerprint density at radius 3 is 3.00 bits per heavy atom. The van der Waals surface area contributed by atoms with Crippen molar-refractivity contribution in [1.82, 2.24) is 20.2 Å². The lowest BCUT2D eigenvalue weighted by Crippen LogP contribution is -2.01. The second-order valence-corrected chi connectivity index (χ2v) is 3.63. The largest absolute Gasteiger partial charge is 0.482 e. The van der Waals surface area contributed by atoms with Gasteiger partial charge in [0.2, 0.25) is 5.82 Å². The second kappa shape index (κ2) is 5.93. The van der Waals surface area contributed by atoms with Gasteiger partial charge in [0.05, 0.1) is 13.6 Å². The van der Waals surface area contributed by atoms with Gasteiger partial charge in [0, 0.05) is 5.56 Å². The summed E-state index contributed by atoms with van der Waals surface area (Å²) >= 11 is 0. The van der Waals surface area contributed by atoms with E-state index in [-0.39, 0.29) is 18.9 Å². The zero-order valence-corrected chi connectivity index (χ0v) is 10.3. The van der Waals surface area contributed by atoms with E-state index in [9.17, 15) is 4.39 Å². The molecule has 0 aliphatic heterocycles. The summed E-state index contributed by atoms with van der Waals surface area (Å²) in [7, 11) is 1.64. The van der Waals surface area contributed by atoms with Gasteiger partial charge in [0.25, 0.3) is 0 Å². The highest BCUT2D eigenvalue weighted by atomic mass is 19.1. The molecule has 6 nitrogen and oxygen atoms in total. The predicted octanol–water partition coefficient (Wildman–Crippen LogP) is 0.238. The molecule has 7 heteroatoms. The third-order valence-electron chi connectivity index (χ3n) is 2.17. The van der Waals surface area contributed by atoms with Crippen molar-refractivity contribution in [1.29, 1.82) is 0 Å². The van der Waals surface area contributed by atoms with Gasteiger partial charge in [0.1, 0.15) is 0 Å². The van der Waals surface area contributed by atoms with Gasteiger partial charge in [0.15, 0.2) is 18.2 Å². The molecule has 2 rings (SSSR count). The Labute approximate surface area is 109 Å². The molecule has 0 atom stereocenters. The highest BCUT2D eigenvalue weighted by molar-refractivity contribution is 5.40. The number of nitrogens with two attached hydrogens (primary N) is 1. The van der Waals surface area contributed by atoms with E-state index in [4.69, 9.17) is 10.5 Å². The van der Waals surface area contributed by atoms with Crippen molar-refractivity contribution in [2.24, 2.45) is 12.8 Å². The number of aryl methyl sites for hydroxylation is 1. The number of hydrogen-bond acceptors (Lipinski definition) is 5. The first-order valence-electron chi connectivity index (χ1n) is 5.53. The lowest BCUT2D eigenvalue weighted by Gasteiger charge is -2.05. The van der Waals surface area contributed by atoms with E-state index in [1.807, 2.05) is 0 Å². The van der Waals surface area contributed by atoms with E-state index in [2.05, 4.69) is 27.3 Å². The van der Waals surface area contributed by atoms with Crippen LogP contribution >= 0.6 is 0 Å². The van der Waals surface area contributed by atoms with E-state index in [0.717, 1.165) is 0 Å². The van der Waals surface area contributed by atoms with Crippen LogP contribution in [0.2, 0.25) is 0 Å². The first-order valence-corrected chi connectivity index (χ1v) is 5.53. The van der Waals surface area contributed by atoms with Crippen molar-refractivity contribution in [3.8, 4) is 17.6 Å². The molecular weight excluding hydrogens is 249 g/mol. The number of aromatic nitrogens is 4. The quantitative estimate of drug-likeness (QED) is 0.801. The summed E-state index contributed by atoms with van der Waals surface area (Å²) in [6.07, 6.45) is 0. The Morgan fingerprint density at radius 1 is 1.47 bits per heavy atom. The number of benzene rings is 1. The third kappa shape index (κ3) is 3.50. The van der Waals surface area contributed by atoms with Crippen molar-refractivity contribution in [3.63, 3.8) is 0 Å². The molecule has 98 valence electrons. The van der Waals surface area contributed by atoms with Crippen molar-refractivity contribution in [2.75, 3.05) is 6.54 Å². The van der Waals surface area contributed by atoms with Gasteiger partial charge in [-0.05, 0) is 23.4 Å². The van der Waals surface area contributed by atoms with Crippen LogP contribution in [0, 0.1) is 17.7 Å². The standard InChI is InChI=1S/C12H12FN5O/c1-18-16-12(15-17-18)8-19-11-7-9(3-2-6-14)4-5-10(11)13/h4-5,7H,6,8,14H2,1H3. The van der Waals surface area contributed by atoms with Crippen molar-refractivity contribution < 1.29 is 9.13 Å². The van der Waals surface area contributed by atoms with Gasteiger partial charge < -0.3 is 10.5 Å². The zero-order chi connectivity index (χ0) is 13.7. The minimum Gasteiger partial charge on any atom is -0.482 e. The number of nitrogens with zero attached hydrogens (tertiary/aromatic N) is 4. The molecule has 0 unspecified atom stereocenters. The van der Waals surface area contributed by atoms with Gasteiger partial charge in [-0.25, -0.2) is 4.39 Å². The van der Waals surface area contributed by atoms with E-state index in [1.54, 1.807) is 13.1 Å². The number of tetrazole rings is 1. The van der Waals surface area contributed by atoms with Gasteiger partial charge in [-0.2, -0.15) is 4.80 Å². The van der Waals surface area contributed by atoms with Crippen LogP contribution in [0.4, 0.5) is 4.39 Å². The van der Waals surface area contributed by atoms with E-state index < -0.39 is 5.82 Å². The first kappa shape index (κ1) is 13.0. The van der Waals surface area contributed by atoms with Gasteiger partial charge >= 0.3 is 0 Å². The summed E-state index contributed by atoms with van der Waals surface area (Å²) in [5.41, 5.74) is 5.91.